The SMILES string of the molecule is C[C@H](O/N=C(\C(=O)N[C@@H]1C(=O)N2C(C(=O)O)=C(C[n+]3cnc(N)c(NCCNC(=O)c4cc(=O)c(O)cn4O)c3)CSC12)c1nc(N)sc1Cl)C(=O)O. The first kappa shape index (κ1) is 38.1. The molecule has 0 spiro atoms. The molecule has 25 heteroatoms. The van der Waals surface area contributed by atoms with E-state index in [0.29, 0.717) is 22.2 Å². The number of oxime groups is 1. The van der Waals surface area contributed by atoms with Gasteiger partial charge in [0.15, 0.2) is 16.6 Å². The van der Waals surface area contributed by atoms with Crippen molar-refractivity contribution in [3.63, 3.8) is 0 Å². The van der Waals surface area contributed by atoms with E-state index in [2.05, 4.69) is 31.1 Å². The van der Waals surface area contributed by atoms with Gasteiger partial charge in [-0.15, -0.1) is 11.8 Å². The zero-order valence-corrected chi connectivity index (χ0v) is 29.4. The van der Waals surface area contributed by atoms with Crippen molar-refractivity contribution in [2.75, 3.05) is 35.6 Å². The Bertz CT molecular complexity index is 2140. The van der Waals surface area contributed by atoms with Gasteiger partial charge >= 0.3 is 11.9 Å². The third-order valence-corrected chi connectivity index (χ3v) is 9.91. The van der Waals surface area contributed by atoms with E-state index >= 15 is 0 Å². The smallest absolute Gasteiger partial charge is 0.352 e. The number of nitrogens with zero attached hydrogens (tertiary/aromatic N) is 6. The molecule has 11 N–H and O–H groups in total. The highest BCUT2D eigenvalue weighted by molar-refractivity contribution is 8.00. The number of rotatable bonds is 14. The second kappa shape index (κ2) is 15.6. The molecule has 3 atom stereocenters. The molecule has 1 fully saturated rings. The Balaban J connectivity index is 1.25. The van der Waals surface area contributed by atoms with Crippen molar-refractivity contribution in [1.29, 1.82) is 0 Å². The summed E-state index contributed by atoms with van der Waals surface area (Å²) < 4.78 is 1.77. The second-order valence-corrected chi connectivity index (χ2v) is 13.8. The summed E-state index contributed by atoms with van der Waals surface area (Å²) in [5, 5.41) is 49.1. The van der Waals surface area contributed by atoms with Crippen molar-refractivity contribution in [3.8, 4) is 5.75 Å². The maximum atomic E-state index is 13.3. The van der Waals surface area contributed by atoms with E-state index in [4.69, 9.17) is 33.0 Å². The fourth-order valence-electron chi connectivity index (χ4n) is 4.91. The van der Waals surface area contributed by atoms with Crippen LogP contribution in [0, 0.1) is 0 Å². The lowest BCUT2D eigenvalue weighted by Gasteiger charge is -2.49. The Morgan fingerprint density at radius 1 is 1.23 bits per heavy atom. The molecule has 0 radical (unpaired) electrons. The highest BCUT2D eigenvalue weighted by Gasteiger charge is 2.54. The number of thioether (sulfide) groups is 1. The minimum atomic E-state index is -1.46. The number of nitrogens with one attached hydrogen (secondary N) is 3. The number of halogens is 1. The number of fused-ring (bicyclic) bond motifs is 1. The Morgan fingerprint density at radius 3 is 2.62 bits per heavy atom. The van der Waals surface area contributed by atoms with Crippen molar-refractivity contribution in [1.82, 2.24) is 30.2 Å². The van der Waals surface area contributed by atoms with E-state index in [1.807, 2.05) is 0 Å². The number of thiazole rings is 1. The van der Waals surface area contributed by atoms with Crippen molar-refractivity contribution < 1.29 is 53.9 Å². The molecule has 3 aromatic heterocycles. The average Bonchev–Trinajstić information content (AvgIpc) is 3.44. The van der Waals surface area contributed by atoms with Gasteiger partial charge in [-0.05, 0) is 11.9 Å². The highest BCUT2D eigenvalue weighted by atomic mass is 35.5. The molecule has 22 nitrogen and oxygen atoms in total. The lowest BCUT2D eigenvalue weighted by Crippen LogP contribution is -2.71. The number of aliphatic carboxylic acids is 2. The largest absolute Gasteiger partial charge is 0.503 e. The van der Waals surface area contributed by atoms with Gasteiger partial charge in [-0.1, -0.05) is 28.1 Å². The number of β-lactam (4-membered cyclic amide) rings is 1. The Labute approximate surface area is 309 Å². The molecule has 5 rings (SSSR count). The van der Waals surface area contributed by atoms with Crippen LogP contribution in [0.25, 0.3) is 0 Å². The van der Waals surface area contributed by atoms with Gasteiger partial charge in [0.2, 0.25) is 11.5 Å². The molecule has 0 saturated carbocycles. The van der Waals surface area contributed by atoms with Gasteiger partial charge in [0, 0.05) is 30.5 Å². The minimum absolute atomic E-state index is 0.00391. The van der Waals surface area contributed by atoms with E-state index in [1.54, 1.807) is 0 Å². The van der Waals surface area contributed by atoms with Crippen LogP contribution in [0.2, 0.25) is 4.34 Å². The summed E-state index contributed by atoms with van der Waals surface area (Å²) in [7, 11) is 0. The molecule has 2 aliphatic heterocycles. The number of nitrogens with two attached hydrogens (primary N) is 2. The van der Waals surface area contributed by atoms with Crippen LogP contribution in [0.4, 0.5) is 16.6 Å². The summed E-state index contributed by atoms with van der Waals surface area (Å²) in [5.41, 5.74) is 10.0. The number of hydrogen-bond donors (Lipinski definition) is 9. The zero-order valence-electron chi connectivity index (χ0n) is 27.0. The number of aromatic nitrogens is 4. The van der Waals surface area contributed by atoms with E-state index in [1.165, 1.54) is 35.8 Å². The van der Waals surface area contributed by atoms with Crippen molar-refractivity contribution >= 4 is 86.7 Å². The molecule has 0 aromatic carbocycles. The molecule has 53 heavy (non-hydrogen) atoms. The quantitative estimate of drug-likeness (QED) is 0.0218. The number of hydrogen-bond acceptors (Lipinski definition) is 17. The normalized spacial score (nSPS) is 17.4. The van der Waals surface area contributed by atoms with Crippen LogP contribution >= 0.6 is 34.7 Å². The molecule has 3 amide bonds. The van der Waals surface area contributed by atoms with E-state index < -0.39 is 69.8 Å². The molecule has 1 saturated heterocycles. The third kappa shape index (κ3) is 8.18. The summed E-state index contributed by atoms with van der Waals surface area (Å²) in [4.78, 5) is 88.4. The van der Waals surface area contributed by atoms with Crippen molar-refractivity contribution in [2.45, 2.75) is 31.0 Å². The second-order valence-electron chi connectivity index (χ2n) is 11.1. The Morgan fingerprint density at radius 2 is 1.96 bits per heavy atom. The Kier molecular flexibility index (Phi) is 11.2. The average molecular weight is 795 g/mol. The van der Waals surface area contributed by atoms with Crippen LogP contribution < -0.4 is 37.4 Å². The minimum Gasteiger partial charge on any atom is -0.503 e. The first-order valence-corrected chi connectivity index (χ1v) is 17.2. The number of anilines is 3. The van der Waals surface area contributed by atoms with Gasteiger partial charge in [0.05, 0.1) is 6.20 Å². The lowest BCUT2D eigenvalue weighted by molar-refractivity contribution is -0.691. The van der Waals surface area contributed by atoms with Gasteiger partial charge in [-0.25, -0.2) is 19.1 Å². The first-order chi connectivity index (χ1) is 25.1. The topological polar surface area (TPSA) is 331 Å². The van der Waals surface area contributed by atoms with Crippen LogP contribution in [0.1, 0.15) is 23.1 Å². The number of nitrogen functional groups attached to an aromatic ring is 2. The van der Waals surface area contributed by atoms with Crippen LogP contribution in [0.15, 0.2) is 46.0 Å². The van der Waals surface area contributed by atoms with Crippen LogP contribution in [-0.2, 0) is 30.6 Å². The molecule has 0 bridgehead atoms. The van der Waals surface area contributed by atoms with Gasteiger partial charge < -0.3 is 52.8 Å². The summed E-state index contributed by atoms with van der Waals surface area (Å²) in [5.74, 6) is -5.86. The first-order valence-electron chi connectivity index (χ1n) is 15.0. The van der Waals surface area contributed by atoms with Gasteiger partial charge in [-0.3, -0.25) is 24.1 Å². The maximum absolute atomic E-state index is 13.3. The molecule has 1 unspecified atom stereocenters. The van der Waals surface area contributed by atoms with Gasteiger partial charge in [-0.2, -0.15) is 4.73 Å². The van der Waals surface area contributed by atoms with Crippen molar-refractivity contribution in [3.05, 3.63) is 62.0 Å². The van der Waals surface area contributed by atoms with Gasteiger partial charge in [0.1, 0.15) is 51.3 Å². The predicted octanol–water partition coefficient (Wildman–Crippen LogP) is -1.78. The molecular weight excluding hydrogens is 766 g/mol. The van der Waals surface area contributed by atoms with Crippen LogP contribution in [-0.4, -0.2) is 112 Å². The number of carbonyl (C=O) groups excluding carboxylic acids is 3. The van der Waals surface area contributed by atoms with E-state index in [9.17, 15) is 44.2 Å². The lowest BCUT2D eigenvalue weighted by atomic mass is 10.0. The fourth-order valence-corrected chi connectivity index (χ4v) is 7.17. The standard InChI is InChI=1S/C28H28ClN11O11S2/c1-10(26(46)47)51-37-17(16-20(29)53-28(31)36-16)23(44)35-18-24(45)40-19(27(48)49)11(8-52-25(18)40)5-38-6-12(21(30)34-9-38)32-2-3-33-22(43)13-4-14(41)15(42)7-39(13)50/h4,6-7,9-10,18,25,30,32,50H,2-3,5,8H2,1H3,(H7,31,33,35,36,42,43,44,46,47,48,49)/p+1/b37-17-/t10-,18+,25?/m0/s1. The van der Waals surface area contributed by atoms with Crippen molar-refractivity contribution in [2.24, 2.45) is 5.16 Å². The number of aromatic hydroxyl groups is 1. The third-order valence-electron chi connectivity index (χ3n) is 7.49. The zero-order chi connectivity index (χ0) is 38.7. The molecule has 280 valence electrons. The van der Waals surface area contributed by atoms with Crippen LogP contribution in [0.3, 0.4) is 0 Å². The van der Waals surface area contributed by atoms with E-state index in [0.717, 1.165) is 22.3 Å². The highest BCUT2D eigenvalue weighted by Crippen LogP contribution is 2.40. The van der Waals surface area contributed by atoms with Crippen LogP contribution in [0.5, 0.6) is 5.75 Å². The number of pyridine rings is 1. The summed E-state index contributed by atoms with van der Waals surface area (Å²) in [6, 6.07) is -0.442. The molecule has 2 aliphatic rings. The van der Waals surface area contributed by atoms with Gasteiger partial charge in [0.25, 0.3) is 29.9 Å². The van der Waals surface area contributed by atoms with E-state index in [-0.39, 0.29) is 52.1 Å². The summed E-state index contributed by atoms with van der Waals surface area (Å²) >= 11 is 8.15. The number of amides is 3. The number of carboxylic acids is 2. The monoisotopic (exact) mass is 794 g/mol. The summed E-state index contributed by atoms with van der Waals surface area (Å²) in [6.07, 6.45) is 2.11. The maximum Gasteiger partial charge on any atom is 0.352 e. The molecular formula is C28H29ClN11O11S2+. The number of carboxylic acid groups (broad SMARTS) is 2. The number of carbonyl (C=O) groups is 5. The predicted molar refractivity (Wildman–Crippen MR) is 185 cm³/mol. The summed E-state index contributed by atoms with van der Waals surface area (Å²) in [6.45, 7) is 1.23. The molecule has 3 aromatic rings. The fraction of sp³-hybridized carbons (Fsp3) is 0.286. The molecule has 5 heterocycles. The Hall–Kier alpha value is -6.14. The molecule has 0 aliphatic carbocycles.